The van der Waals surface area contributed by atoms with Crippen molar-refractivity contribution in [2.45, 2.75) is 13.5 Å². The summed E-state index contributed by atoms with van der Waals surface area (Å²) < 4.78 is 1.76. The van der Waals surface area contributed by atoms with Crippen LogP contribution in [0.25, 0.3) is 0 Å². The van der Waals surface area contributed by atoms with Crippen molar-refractivity contribution >= 4 is 5.82 Å². The molecular weight excluding hydrogens is 250 g/mol. The van der Waals surface area contributed by atoms with Gasteiger partial charge in [0.25, 0.3) is 0 Å². The third-order valence-corrected chi connectivity index (χ3v) is 3.22. The Hall–Kier alpha value is -2.32. The molecule has 104 valence electrons. The van der Waals surface area contributed by atoms with Gasteiger partial charge < -0.3 is 10.6 Å². The average Bonchev–Trinajstić information content (AvgIpc) is 2.73. The first-order chi connectivity index (χ1) is 9.67. The normalized spacial score (nSPS) is 10.3. The largest absolute Gasteiger partial charge is 0.350 e. The van der Waals surface area contributed by atoms with E-state index in [2.05, 4.69) is 28.2 Å². The zero-order valence-corrected chi connectivity index (χ0v) is 11.9. The molecule has 0 bridgehead atoms. The molecule has 1 heterocycles. The van der Waals surface area contributed by atoms with E-state index in [1.165, 1.54) is 5.56 Å². The van der Waals surface area contributed by atoms with Crippen LogP contribution in [0.4, 0.5) is 5.82 Å². The minimum atomic E-state index is 0.530. The maximum Gasteiger partial charge on any atom is 0.145 e. The Labute approximate surface area is 119 Å². The molecule has 2 aromatic rings. The van der Waals surface area contributed by atoms with E-state index in [-0.39, 0.29) is 0 Å². The van der Waals surface area contributed by atoms with E-state index in [0.29, 0.717) is 25.2 Å². The topological polar surface area (TPSA) is 70.9 Å². The summed E-state index contributed by atoms with van der Waals surface area (Å²) in [6, 6.07) is 12.4. The van der Waals surface area contributed by atoms with E-state index < -0.39 is 0 Å². The molecule has 5 nitrogen and oxygen atoms in total. The lowest BCUT2D eigenvalue weighted by atomic mass is 10.2. The zero-order valence-electron chi connectivity index (χ0n) is 11.9. The second-order valence-electron chi connectivity index (χ2n) is 4.72. The Kier molecular flexibility index (Phi) is 4.38. The van der Waals surface area contributed by atoms with Gasteiger partial charge in [-0.1, -0.05) is 30.3 Å². The number of nitriles is 1. The first kappa shape index (κ1) is 14.1. The minimum Gasteiger partial charge on any atom is -0.350 e. The van der Waals surface area contributed by atoms with Crippen molar-refractivity contribution < 1.29 is 0 Å². The molecule has 5 heteroatoms. The number of aromatic nitrogens is 2. The molecular formula is C15H19N5. The van der Waals surface area contributed by atoms with Crippen molar-refractivity contribution in [3.05, 3.63) is 47.2 Å². The highest BCUT2D eigenvalue weighted by atomic mass is 15.4. The van der Waals surface area contributed by atoms with Crippen LogP contribution in [0, 0.1) is 18.3 Å². The number of aryl methyl sites for hydroxylation is 2. The van der Waals surface area contributed by atoms with Gasteiger partial charge in [0, 0.05) is 26.7 Å². The lowest BCUT2D eigenvalue weighted by molar-refractivity contribution is 0.694. The lowest BCUT2D eigenvalue weighted by Crippen LogP contribution is -2.31. The minimum absolute atomic E-state index is 0.530. The Balaban J connectivity index is 2.37. The van der Waals surface area contributed by atoms with Crippen molar-refractivity contribution in [2.75, 3.05) is 18.0 Å². The molecule has 0 saturated heterocycles. The molecule has 0 amide bonds. The maximum atomic E-state index is 9.33. The predicted molar refractivity (Wildman–Crippen MR) is 79.2 cm³/mol. The van der Waals surface area contributed by atoms with E-state index in [1.807, 2.05) is 32.2 Å². The van der Waals surface area contributed by atoms with Crippen LogP contribution < -0.4 is 10.6 Å². The first-order valence-corrected chi connectivity index (χ1v) is 6.60. The number of anilines is 1. The molecule has 2 rings (SSSR count). The SMILES string of the molecule is Cc1nn(C)c(N(CCN)Cc2ccccc2)c1C#N. The van der Waals surface area contributed by atoms with Gasteiger partial charge in [0.1, 0.15) is 17.5 Å². The van der Waals surface area contributed by atoms with Gasteiger partial charge in [0.15, 0.2) is 0 Å². The molecule has 0 radical (unpaired) electrons. The number of benzene rings is 1. The number of nitrogens with two attached hydrogens (primary N) is 1. The number of nitrogens with zero attached hydrogens (tertiary/aromatic N) is 4. The van der Waals surface area contributed by atoms with Crippen molar-refractivity contribution in [3.8, 4) is 6.07 Å². The molecule has 20 heavy (non-hydrogen) atoms. The summed E-state index contributed by atoms with van der Waals surface area (Å²) in [5, 5.41) is 13.7. The summed E-state index contributed by atoms with van der Waals surface area (Å²) in [7, 11) is 1.86. The Bertz CT molecular complexity index is 609. The van der Waals surface area contributed by atoms with Crippen LogP contribution in [0.1, 0.15) is 16.8 Å². The molecule has 0 atom stereocenters. The molecule has 0 aliphatic carbocycles. The molecule has 2 N–H and O–H groups in total. The average molecular weight is 269 g/mol. The highest BCUT2D eigenvalue weighted by Gasteiger charge is 2.19. The second kappa shape index (κ2) is 6.22. The van der Waals surface area contributed by atoms with E-state index >= 15 is 0 Å². The van der Waals surface area contributed by atoms with Crippen LogP contribution >= 0.6 is 0 Å². The van der Waals surface area contributed by atoms with Crippen LogP contribution in [0.3, 0.4) is 0 Å². The zero-order chi connectivity index (χ0) is 14.5. The van der Waals surface area contributed by atoms with E-state index in [0.717, 1.165) is 11.5 Å². The Morgan fingerprint density at radius 3 is 2.65 bits per heavy atom. The van der Waals surface area contributed by atoms with Crippen molar-refractivity contribution in [1.29, 1.82) is 5.26 Å². The van der Waals surface area contributed by atoms with Gasteiger partial charge in [-0.3, -0.25) is 4.68 Å². The third kappa shape index (κ3) is 2.81. The van der Waals surface area contributed by atoms with Gasteiger partial charge in [-0.2, -0.15) is 10.4 Å². The quantitative estimate of drug-likeness (QED) is 0.894. The van der Waals surface area contributed by atoms with Crippen LogP contribution in [0.15, 0.2) is 30.3 Å². The fourth-order valence-electron chi connectivity index (χ4n) is 2.36. The summed E-state index contributed by atoms with van der Waals surface area (Å²) in [5.74, 6) is 0.833. The van der Waals surface area contributed by atoms with Gasteiger partial charge in [-0.05, 0) is 12.5 Å². The van der Waals surface area contributed by atoms with E-state index in [4.69, 9.17) is 5.73 Å². The van der Waals surface area contributed by atoms with Crippen LogP contribution in [-0.4, -0.2) is 22.9 Å². The first-order valence-electron chi connectivity index (χ1n) is 6.60. The molecule has 0 unspecified atom stereocenters. The lowest BCUT2D eigenvalue weighted by Gasteiger charge is -2.24. The molecule has 0 aliphatic heterocycles. The smallest absolute Gasteiger partial charge is 0.145 e. The van der Waals surface area contributed by atoms with Gasteiger partial charge in [0.2, 0.25) is 0 Å². The summed E-state index contributed by atoms with van der Waals surface area (Å²) in [5.41, 5.74) is 8.27. The molecule has 0 aliphatic rings. The molecule has 0 saturated carbocycles. The van der Waals surface area contributed by atoms with Crippen molar-refractivity contribution in [1.82, 2.24) is 9.78 Å². The Morgan fingerprint density at radius 1 is 1.35 bits per heavy atom. The van der Waals surface area contributed by atoms with Gasteiger partial charge in [-0.25, -0.2) is 0 Å². The predicted octanol–water partition coefficient (Wildman–Crippen LogP) is 1.57. The fraction of sp³-hybridized carbons (Fsp3) is 0.333. The standard InChI is InChI=1S/C15H19N5/c1-12-14(10-17)15(19(2)18-12)20(9-8-16)11-13-6-4-3-5-7-13/h3-7H,8-9,11,16H2,1-2H3. The van der Waals surface area contributed by atoms with Crippen LogP contribution in [0.5, 0.6) is 0 Å². The van der Waals surface area contributed by atoms with Crippen molar-refractivity contribution in [3.63, 3.8) is 0 Å². The summed E-state index contributed by atoms with van der Waals surface area (Å²) in [6.45, 7) is 3.78. The van der Waals surface area contributed by atoms with E-state index in [1.54, 1.807) is 4.68 Å². The maximum absolute atomic E-state index is 9.33. The molecule has 0 spiro atoms. The van der Waals surface area contributed by atoms with Gasteiger partial charge >= 0.3 is 0 Å². The van der Waals surface area contributed by atoms with E-state index in [9.17, 15) is 5.26 Å². The number of rotatable bonds is 5. The fourth-order valence-corrected chi connectivity index (χ4v) is 2.36. The van der Waals surface area contributed by atoms with Crippen LogP contribution in [-0.2, 0) is 13.6 Å². The third-order valence-electron chi connectivity index (χ3n) is 3.22. The number of hydrogen-bond donors (Lipinski definition) is 1. The second-order valence-corrected chi connectivity index (χ2v) is 4.72. The van der Waals surface area contributed by atoms with Gasteiger partial charge in [-0.15, -0.1) is 0 Å². The summed E-state index contributed by atoms with van der Waals surface area (Å²) in [6.07, 6.45) is 0. The summed E-state index contributed by atoms with van der Waals surface area (Å²) in [4.78, 5) is 2.11. The molecule has 1 aromatic heterocycles. The summed E-state index contributed by atoms with van der Waals surface area (Å²) >= 11 is 0. The van der Waals surface area contributed by atoms with Crippen molar-refractivity contribution in [2.24, 2.45) is 12.8 Å². The highest BCUT2D eigenvalue weighted by Crippen LogP contribution is 2.23. The highest BCUT2D eigenvalue weighted by molar-refractivity contribution is 5.57. The monoisotopic (exact) mass is 269 g/mol. The molecule has 1 aromatic carbocycles. The van der Waals surface area contributed by atoms with Gasteiger partial charge in [0.05, 0.1) is 5.69 Å². The van der Waals surface area contributed by atoms with Crippen LogP contribution in [0.2, 0.25) is 0 Å². The number of hydrogen-bond acceptors (Lipinski definition) is 4. The Morgan fingerprint density at radius 2 is 2.05 bits per heavy atom. The molecule has 0 fully saturated rings.